The molecule has 0 bridgehead atoms. The average molecular weight is 442 g/mol. The average Bonchev–Trinajstić information content (AvgIpc) is 2.75. The number of hydrogen-bond donors (Lipinski definition) is 2. The molecular formula is C28H43NO3. The van der Waals surface area contributed by atoms with Crippen LogP contribution in [-0.2, 0) is 11.2 Å². The first-order valence-electron chi connectivity index (χ1n) is 12.9. The van der Waals surface area contributed by atoms with Gasteiger partial charge in [-0.3, -0.25) is 4.79 Å². The molecule has 0 spiro atoms. The van der Waals surface area contributed by atoms with Crippen LogP contribution in [0.2, 0.25) is 0 Å². The predicted octanol–water partition coefficient (Wildman–Crippen LogP) is 7.01. The summed E-state index contributed by atoms with van der Waals surface area (Å²) in [5.41, 5.74) is 3.11. The van der Waals surface area contributed by atoms with Crippen LogP contribution in [0.3, 0.4) is 0 Å². The molecule has 4 nitrogen and oxygen atoms in total. The van der Waals surface area contributed by atoms with Crippen LogP contribution < -0.4 is 10.1 Å². The highest BCUT2D eigenvalue weighted by atomic mass is 16.5. The smallest absolute Gasteiger partial charge is 0.224 e. The number of aromatic hydroxyl groups is 1. The van der Waals surface area contributed by atoms with Crippen molar-refractivity contribution >= 4 is 5.91 Å². The predicted molar refractivity (Wildman–Crippen MR) is 131 cm³/mol. The summed E-state index contributed by atoms with van der Waals surface area (Å²) in [6, 6.07) is 4.08. The van der Waals surface area contributed by atoms with E-state index in [1.807, 2.05) is 6.07 Å². The molecule has 1 aliphatic heterocycles. The molecule has 178 valence electrons. The number of fused-ring (bicyclic) bond motifs is 3. The molecule has 2 atom stereocenters. The van der Waals surface area contributed by atoms with Crippen molar-refractivity contribution in [3.8, 4) is 11.5 Å². The molecule has 2 N–H and O–H groups in total. The summed E-state index contributed by atoms with van der Waals surface area (Å²) in [7, 11) is 0. The van der Waals surface area contributed by atoms with E-state index in [0.717, 1.165) is 55.5 Å². The fourth-order valence-corrected chi connectivity index (χ4v) is 5.09. The molecule has 2 aliphatic rings. The third kappa shape index (κ3) is 7.02. The molecule has 0 aromatic heterocycles. The zero-order chi connectivity index (χ0) is 22.9. The monoisotopic (exact) mass is 441 g/mol. The summed E-state index contributed by atoms with van der Waals surface area (Å²) in [4.78, 5) is 12.4. The highest BCUT2D eigenvalue weighted by Crippen LogP contribution is 2.48. The lowest BCUT2D eigenvalue weighted by molar-refractivity contribution is -0.120. The number of hydrogen-bond acceptors (Lipinski definition) is 3. The molecule has 1 aliphatic carbocycles. The Morgan fingerprint density at radius 2 is 1.94 bits per heavy atom. The number of amides is 1. The molecule has 0 saturated heterocycles. The molecular weight excluding hydrogens is 398 g/mol. The Hall–Kier alpha value is -1.97. The van der Waals surface area contributed by atoms with Crippen LogP contribution in [0, 0.1) is 11.8 Å². The molecule has 1 aromatic carbocycles. The number of phenolic OH excluding ortho intramolecular Hbond substituents is 1. The number of nitrogens with one attached hydrogen (secondary N) is 1. The lowest BCUT2D eigenvalue weighted by Crippen LogP contribution is -2.32. The van der Waals surface area contributed by atoms with E-state index in [9.17, 15) is 9.90 Å². The third-order valence-corrected chi connectivity index (χ3v) is 6.98. The molecule has 1 amide bonds. The highest BCUT2D eigenvalue weighted by molar-refractivity contribution is 5.77. The van der Waals surface area contributed by atoms with Crippen molar-refractivity contribution in [1.29, 1.82) is 0 Å². The first-order chi connectivity index (χ1) is 15.5. The molecule has 3 rings (SSSR count). The maximum Gasteiger partial charge on any atom is 0.224 e. The standard InChI is InChI=1S/C28H43NO3/c1-4-5-6-7-8-9-12-21-16-25(30)28-24-18-23(29-27(31)13-10-11-20(2)3)15-14-22(24)19-32-26(28)17-21/h15-17,20,22,24,30H,4-14,18-19H2,1-3H3,(H,29,31). The van der Waals surface area contributed by atoms with Crippen molar-refractivity contribution in [3.63, 3.8) is 0 Å². The second-order valence-corrected chi connectivity index (χ2v) is 10.2. The SMILES string of the molecule is CCCCCCCCc1cc(O)c2c(c1)OCC1CC=C(NC(=O)CCCC(C)C)CC21. The maximum absolute atomic E-state index is 12.4. The second kappa shape index (κ2) is 12.3. The van der Waals surface area contributed by atoms with Crippen LogP contribution in [0.1, 0.15) is 108 Å². The first kappa shape index (κ1) is 24.7. The van der Waals surface area contributed by atoms with Crippen molar-refractivity contribution in [2.75, 3.05) is 6.61 Å². The molecule has 0 saturated carbocycles. The second-order valence-electron chi connectivity index (χ2n) is 10.2. The first-order valence-corrected chi connectivity index (χ1v) is 12.9. The molecule has 0 radical (unpaired) electrons. The van der Waals surface area contributed by atoms with E-state index in [-0.39, 0.29) is 11.8 Å². The van der Waals surface area contributed by atoms with E-state index in [4.69, 9.17) is 4.74 Å². The van der Waals surface area contributed by atoms with Crippen LogP contribution >= 0.6 is 0 Å². The Balaban J connectivity index is 1.58. The molecule has 4 heteroatoms. The number of ether oxygens (including phenoxy) is 1. The van der Waals surface area contributed by atoms with Gasteiger partial charge < -0.3 is 15.2 Å². The van der Waals surface area contributed by atoms with Gasteiger partial charge in [-0.25, -0.2) is 0 Å². The quantitative estimate of drug-likeness (QED) is 0.343. The summed E-state index contributed by atoms with van der Waals surface area (Å²) in [6.45, 7) is 7.31. The number of aryl methyl sites for hydroxylation is 1. The molecule has 0 fully saturated rings. The van der Waals surface area contributed by atoms with Crippen LogP contribution in [0.25, 0.3) is 0 Å². The van der Waals surface area contributed by atoms with E-state index >= 15 is 0 Å². The number of carbonyl (C=O) groups is 1. The van der Waals surface area contributed by atoms with Gasteiger partial charge in [-0.2, -0.15) is 0 Å². The summed E-state index contributed by atoms with van der Waals surface area (Å²) in [5, 5.41) is 14.0. The van der Waals surface area contributed by atoms with E-state index in [1.165, 1.54) is 37.7 Å². The fraction of sp³-hybridized carbons (Fsp3) is 0.679. The minimum atomic E-state index is 0.112. The highest BCUT2D eigenvalue weighted by Gasteiger charge is 2.36. The fourth-order valence-electron chi connectivity index (χ4n) is 5.09. The minimum Gasteiger partial charge on any atom is -0.508 e. The normalized spacial score (nSPS) is 19.7. The van der Waals surface area contributed by atoms with Crippen LogP contribution in [0.5, 0.6) is 11.5 Å². The number of carbonyl (C=O) groups excluding carboxylic acids is 1. The topological polar surface area (TPSA) is 58.6 Å². The zero-order valence-electron chi connectivity index (χ0n) is 20.4. The van der Waals surface area contributed by atoms with Gasteiger partial charge in [-0.1, -0.05) is 65.4 Å². The molecule has 1 aromatic rings. The summed E-state index contributed by atoms with van der Waals surface area (Å²) >= 11 is 0. The zero-order valence-corrected chi connectivity index (χ0v) is 20.4. The number of phenols is 1. The number of allylic oxidation sites excluding steroid dienone is 2. The van der Waals surface area contributed by atoms with Crippen molar-refractivity contribution < 1.29 is 14.6 Å². The molecule has 2 unspecified atom stereocenters. The van der Waals surface area contributed by atoms with Crippen molar-refractivity contribution in [2.24, 2.45) is 11.8 Å². The van der Waals surface area contributed by atoms with Gasteiger partial charge in [0.1, 0.15) is 11.5 Å². The van der Waals surface area contributed by atoms with E-state index in [1.54, 1.807) is 0 Å². The van der Waals surface area contributed by atoms with Crippen molar-refractivity contribution in [3.05, 3.63) is 35.0 Å². The minimum absolute atomic E-state index is 0.112. The van der Waals surface area contributed by atoms with Gasteiger partial charge in [0.05, 0.1) is 6.61 Å². The summed E-state index contributed by atoms with van der Waals surface area (Å²) in [5.74, 6) is 2.52. The van der Waals surface area contributed by atoms with Gasteiger partial charge in [0.15, 0.2) is 0 Å². The maximum atomic E-state index is 12.4. The summed E-state index contributed by atoms with van der Waals surface area (Å²) < 4.78 is 6.09. The van der Waals surface area contributed by atoms with E-state index < -0.39 is 0 Å². The Labute approximate surface area is 194 Å². The van der Waals surface area contributed by atoms with Crippen molar-refractivity contribution in [1.82, 2.24) is 5.32 Å². The van der Waals surface area contributed by atoms with Gasteiger partial charge in [-0.15, -0.1) is 0 Å². The van der Waals surface area contributed by atoms with Crippen LogP contribution in [0.15, 0.2) is 23.9 Å². The Morgan fingerprint density at radius 3 is 2.72 bits per heavy atom. The number of unbranched alkanes of at least 4 members (excludes halogenated alkanes) is 5. The lowest BCUT2D eigenvalue weighted by atomic mass is 9.75. The van der Waals surface area contributed by atoms with Crippen molar-refractivity contribution in [2.45, 2.75) is 104 Å². The molecule has 32 heavy (non-hydrogen) atoms. The number of benzene rings is 1. The van der Waals surface area contributed by atoms with Crippen LogP contribution in [0.4, 0.5) is 0 Å². The Kier molecular flexibility index (Phi) is 9.50. The largest absolute Gasteiger partial charge is 0.508 e. The van der Waals surface area contributed by atoms with E-state index in [0.29, 0.717) is 30.6 Å². The Bertz CT molecular complexity index is 783. The van der Waals surface area contributed by atoms with E-state index in [2.05, 4.69) is 38.2 Å². The van der Waals surface area contributed by atoms with Crippen LogP contribution in [-0.4, -0.2) is 17.6 Å². The van der Waals surface area contributed by atoms with Gasteiger partial charge in [0, 0.05) is 29.5 Å². The third-order valence-electron chi connectivity index (χ3n) is 6.98. The Morgan fingerprint density at radius 1 is 1.16 bits per heavy atom. The van der Waals surface area contributed by atoms with Gasteiger partial charge in [0.25, 0.3) is 0 Å². The lowest BCUT2D eigenvalue weighted by Gasteiger charge is -2.37. The molecule has 1 heterocycles. The van der Waals surface area contributed by atoms with Gasteiger partial charge >= 0.3 is 0 Å². The van der Waals surface area contributed by atoms with Gasteiger partial charge in [-0.05, 0) is 55.7 Å². The summed E-state index contributed by atoms with van der Waals surface area (Å²) in [6.07, 6.45) is 15.0. The van der Waals surface area contributed by atoms with Gasteiger partial charge in [0.2, 0.25) is 5.91 Å². The number of rotatable bonds is 12.